The van der Waals surface area contributed by atoms with Gasteiger partial charge in [0.05, 0.1) is 24.0 Å². The summed E-state index contributed by atoms with van der Waals surface area (Å²) in [6.07, 6.45) is 0.894. The van der Waals surface area contributed by atoms with E-state index in [0.717, 1.165) is 11.8 Å². The molecule has 33 heavy (non-hydrogen) atoms. The van der Waals surface area contributed by atoms with Gasteiger partial charge in [-0.2, -0.15) is 23.3 Å². The highest BCUT2D eigenvalue weighted by Crippen LogP contribution is 2.33. The monoisotopic (exact) mass is 462 g/mol. The first-order valence-electron chi connectivity index (χ1n) is 9.81. The molecule has 0 bridgehead atoms. The molecule has 1 aliphatic heterocycles. The smallest absolute Gasteiger partial charge is 0.350 e. The highest BCUT2D eigenvalue weighted by molar-refractivity contribution is 6.03. The zero-order valence-electron chi connectivity index (χ0n) is 17.6. The number of hydrogen-bond donors (Lipinski definition) is 2. The van der Waals surface area contributed by atoms with E-state index < -0.39 is 11.7 Å². The van der Waals surface area contributed by atoms with Gasteiger partial charge in [0.2, 0.25) is 11.9 Å². The zero-order chi connectivity index (χ0) is 23.0. The van der Waals surface area contributed by atoms with Gasteiger partial charge in [0.25, 0.3) is 0 Å². The Kier molecular flexibility index (Phi) is 6.56. The lowest BCUT2D eigenvalue weighted by Crippen LogP contribution is -2.44. The van der Waals surface area contributed by atoms with E-state index >= 15 is 0 Å². The number of aryl methyl sites for hydroxylation is 1. The molecule has 9 nitrogen and oxygen atoms in total. The molecular weight excluding hydrogens is 437 g/mol. The number of pyridine rings is 1. The molecule has 1 amide bonds. The zero-order valence-corrected chi connectivity index (χ0v) is 17.6. The van der Waals surface area contributed by atoms with Crippen LogP contribution in [0.25, 0.3) is 0 Å². The number of likely N-dealkylation sites (N-methyl/N-ethyl adjacent to an activating group) is 1. The number of fused-ring (bicyclic) bond motifs is 1. The third-order valence-corrected chi connectivity index (χ3v) is 5.30. The molecular formula is C21H25F3N8O. The summed E-state index contributed by atoms with van der Waals surface area (Å²) in [7, 11) is 1.79. The minimum atomic E-state index is -4.48. The fourth-order valence-electron chi connectivity index (χ4n) is 3.38. The number of nitrogens with zero attached hydrogens (tertiary/aromatic N) is 6. The van der Waals surface area contributed by atoms with Gasteiger partial charge in [-0.25, -0.2) is 4.98 Å². The Labute approximate surface area is 189 Å². The van der Waals surface area contributed by atoms with Crippen molar-refractivity contribution in [3.8, 4) is 0 Å². The van der Waals surface area contributed by atoms with Crippen LogP contribution in [0.15, 0.2) is 30.9 Å². The quantitative estimate of drug-likeness (QED) is 0.599. The summed E-state index contributed by atoms with van der Waals surface area (Å²) in [6.45, 7) is 3.85. The fourth-order valence-corrected chi connectivity index (χ4v) is 3.38. The maximum Gasteiger partial charge on any atom is 0.418 e. The van der Waals surface area contributed by atoms with Crippen molar-refractivity contribution in [3.05, 3.63) is 53.2 Å². The second-order valence-electron chi connectivity index (χ2n) is 7.54. The van der Waals surface area contributed by atoms with E-state index in [9.17, 15) is 18.0 Å². The highest BCUT2D eigenvalue weighted by atomic mass is 19.4. The van der Waals surface area contributed by atoms with Gasteiger partial charge in [0, 0.05) is 37.7 Å². The van der Waals surface area contributed by atoms with Gasteiger partial charge < -0.3 is 15.5 Å². The number of amides is 1. The molecule has 0 aromatic carbocycles. The van der Waals surface area contributed by atoms with E-state index in [1.54, 1.807) is 38.2 Å². The minimum Gasteiger partial charge on any atom is -0.350 e. The van der Waals surface area contributed by atoms with Crippen LogP contribution in [0.4, 0.5) is 30.6 Å². The molecule has 0 spiro atoms. The molecule has 1 aliphatic rings. The Morgan fingerprint density at radius 2 is 2.00 bits per heavy atom. The molecule has 2 N–H and O–H groups in total. The van der Waals surface area contributed by atoms with Gasteiger partial charge in [-0.1, -0.05) is 7.43 Å². The third kappa shape index (κ3) is 4.89. The number of hydrogen-bond acceptors (Lipinski definition) is 7. The van der Waals surface area contributed by atoms with Crippen LogP contribution in [0.2, 0.25) is 0 Å². The van der Waals surface area contributed by atoms with Crippen LogP contribution in [0, 0.1) is 6.92 Å². The van der Waals surface area contributed by atoms with Crippen molar-refractivity contribution in [1.29, 1.82) is 0 Å². The first kappa shape index (κ1) is 24.0. The van der Waals surface area contributed by atoms with E-state index in [4.69, 9.17) is 0 Å². The molecule has 0 unspecified atom stereocenters. The number of rotatable bonds is 5. The Bertz CT molecular complexity index is 1160. The topological polar surface area (TPSA) is 101 Å². The first-order valence-corrected chi connectivity index (χ1v) is 9.81. The molecule has 0 aliphatic carbocycles. The number of carbonyl (C=O) groups excluding carboxylic acids is 1. The normalized spacial score (nSPS) is 15.5. The van der Waals surface area contributed by atoms with Gasteiger partial charge >= 0.3 is 6.18 Å². The van der Waals surface area contributed by atoms with Crippen LogP contribution in [-0.2, 0) is 24.1 Å². The molecule has 12 heteroatoms. The summed E-state index contributed by atoms with van der Waals surface area (Å²) in [5.74, 6) is 0.862. The van der Waals surface area contributed by atoms with E-state index in [1.807, 2.05) is 0 Å². The molecule has 4 rings (SSSR count). The van der Waals surface area contributed by atoms with Gasteiger partial charge in [0.1, 0.15) is 11.7 Å². The fraction of sp³-hybridized carbons (Fsp3) is 0.381. The lowest BCUT2D eigenvalue weighted by Gasteiger charge is -2.32. The molecule has 0 fully saturated rings. The minimum absolute atomic E-state index is 0. The predicted molar refractivity (Wildman–Crippen MR) is 118 cm³/mol. The summed E-state index contributed by atoms with van der Waals surface area (Å²) in [6, 6.07) is 0.972. The van der Waals surface area contributed by atoms with Gasteiger partial charge in [-0.15, -0.1) is 0 Å². The summed E-state index contributed by atoms with van der Waals surface area (Å²) in [5.41, 5.74) is 1.26. The van der Waals surface area contributed by atoms with Crippen molar-refractivity contribution in [1.82, 2.24) is 24.7 Å². The van der Waals surface area contributed by atoms with Crippen molar-refractivity contribution in [3.63, 3.8) is 0 Å². The maximum atomic E-state index is 13.2. The molecule has 3 aromatic heterocycles. The number of aromatic nitrogens is 5. The second kappa shape index (κ2) is 9.04. The Hall–Kier alpha value is -3.70. The average molecular weight is 462 g/mol. The first-order chi connectivity index (χ1) is 15.1. The third-order valence-electron chi connectivity index (χ3n) is 5.30. The van der Waals surface area contributed by atoms with Crippen LogP contribution in [0.3, 0.4) is 0 Å². The standard InChI is InChI=1S/C20H21F3N8O.CH4/c1-11-16-17(30(3)12(2)18(32)28-16)29-19(27-11)25-6-13-7-26-31(9-13)10-14-4-5-24-8-15(14)20(21,22)23;/h4-5,7-9,12H,6,10H2,1-3H3,(H,28,32)(H,25,27,29);1H4/t12-;/m1./s1. The van der Waals surface area contributed by atoms with Crippen LogP contribution in [-0.4, -0.2) is 43.7 Å². The lowest BCUT2D eigenvalue weighted by atomic mass is 10.1. The van der Waals surface area contributed by atoms with Crippen molar-refractivity contribution in [2.45, 2.75) is 46.6 Å². The van der Waals surface area contributed by atoms with Crippen LogP contribution >= 0.6 is 0 Å². The van der Waals surface area contributed by atoms with E-state index in [1.165, 1.54) is 16.9 Å². The number of nitrogens with one attached hydrogen (secondary N) is 2. The van der Waals surface area contributed by atoms with Gasteiger partial charge in [0.15, 0.2) is 5.82 Å². The summed E-state index contributed by atoms with van der Waals surface area (Å²) in [5, 5.41) is 10.1. The Balaban J connectivity index is 0.00000306. The number of alkyl halides is 3. The van der Waals surface area contributed by atoms with E-state index in [0.29, 0.717) is 29.7 Å². The molecule has 1 atom stereocenters. The largest absolute Gasteiger partial charge is 0.418 e. The highest BCUT2D eigenvalue weighted by Gasteiger charge is 2.33. The Morgan fingerprint density at radius 1 is 1.24 bits per heavy atom. The average Bonchev–Trinajstić information content (AvgIpc) is 3.18. The van der Waals surface area contributed by atoms with Crippen molar-refractivity contribution >= 4 is 23.4 Å². The van der Waals surface area contributed by atoms with E-state index in [2.05, 4.69) is 30.7 Å². The lowest BCUT2D eigenvalue weighted by molar-refractivity contribution is -0.138. The molecule has 3 aromatic rings. The molecule has 0 radical (unpaired) electrons. The summed E-state index contributed by atoms with van der Waals surface area (Å²) >= 11 is 0. The predicted octanol–water partition coefficient (Wildman–Crippen LogP) is 3.47. The summed E-state index contributed by atoms with van der Waals surface area (Å²) in [4.78, 5) is 26.3. The van der Waals surface area contributed by atoms with Crippen LogP contribution in [0.5, 0.6) is 0 Å². The van der Waals surface area contributed by atoms with Gasteiger partial charge in [-0.3, -0.25) is 14.5 Å². The molecule has 0 saturated heterocycles. The van der Waals surface area contributed by atoms with Crippen LogP contribution < -0.4 is 15.5 Å². The number of carbonyl (C=O) groups is 1. The summed E-state index contributed by atoms with van der Waals surface area (Å²) < 4.78 is 40.9. The maximum absolute atomic E-state index is 13.2. The van der Waals surface area contributed by atoms with E-state index in [-0.39, 0.29) is 31.5 Å². The van der Waals surface area contributed by atoms with Crippen molar-refractivity contribution < 1.29 is 18.0 Å². The number of anilines is 3. The molecule has 176 valence electrons. The second-order valence-corrected chi connectivity index (χ2v) is 7.54. The SMILES string of the molecule is C.Cc1nc(NCc2cnn(Cc3ccncc3C(F)(F)F)c2)nc2c1NC(=O)[C@@H](C)N2C. The van der Waals surface area contributed by atoms with Crippen LogP contribution in [0.1, 0.15) is 36.7 Å². The van der Waals surface area contributed by atoms with Crippen molar-refractivity contribution in [2.75, 3.05) is 22.6 Å². The number of halogens is 3. The molecule has 0 saturated carbocycles. The Morgan fingerprint density at radius 3 is 2.73 bits per heavy atom. The van der Waals surface area contributed by atoms with Crippen molar-refractivity contribution in [2.24, 2.45) is 0 Å². The van der Waals surface area contributed by atoms with Gasteiger partial charge in [-0.05, 0) is 25.5 Å². The molecule has 4 heterocycles.